The van der Waals surface area contributed by atoms with E-state index >= 15 is 0 Å². The third-order valence-corrected chi connectivity index (χ3v) is 2.87. The number of carboxylic acids is 2. The molecule has 0 aliphatic rings. The van der Waals surface area contributed by atoms with Crippen LogP contribution in [0, 0.1) is 0 Å². The molecule has 1 aromatic carbocycles. The number of carbonyl (C=O) groups excluding carboxylic acids is 2. The van der Waals surface area contributed by atoms with Gasteiger partial charge in [-0.05, 0) is 12.0 Å². The van der Waals surface area contributed by atoms with Crippen molar-refractivity contribution in [3.8, 4) is 0 Å². The molecule has 0 saturated carbocycles. The predicted octanol–water partition coefficient (Wildman–Crippen LogP) is -6.38. The van der Waals surface area contributed by atoms with E-state index < -0.39 is 17.4 Å². The minimum Gasteiger partial charge on any atom is -0.549 e. The van der Waals surface area contributed by atoms with E-state index in [1.165, 1.54) is 12.1 Å². The maximum absolute atomic E-state index is 11.2. The van der Waals surface area contributed by atoms with Crippen LogP contribution < -0.4 is 69.3 Å². The third kappa shape index (κ3) is 4.88. The number of hydrogen-bond donors (Lipinski definition) is 0. The maximum atomic E-state index is 11.2. The predicted molar refractivity (Wildman–Crippen MR) is 57.7 cm³/mol. The van der Waals surface area contributed by atoms with E-state index in [-0.39, 0.29) is 71.1 Å². The van der Waals surface area contributed by atoms with E-state index in [2.05, 4.69) is 0 Å². The van der Waals surface area contributed by atoms with Crippen molar-refractivity contribution in [1.29, 1.82) is 0 Å². The topological polar surface area (TPSA) is 80.3 Å². The Balaban J connectivity index is 0. The van der Waals surface area contributed by atoms with Crippen LogP contribution in [0.5, 0.6) is 0 Å². The molecule has 0 aliphatic heterocycles. The molecule has 0 unspecified atom stereocenters. The fourth-order valence-electron chi connectivity index (χ4n) is 1.83. The van der Waals surface area contributed by atoms with Crippen molar-refractivity contribution < 1.29 is 78.9 Å². The summed E-state index contributed by atoms with van der Waals surface area (Å²) in [7, 11) is 0. The van der Waals surface area contributed by atoms with Crippen LogP contribution in [0.25, 0.3) is 0 Å². The van der Waals surface area contributed by atoms with Crippen LogP contribution in [0.1, 0.15) is 31.7 Å². The molecule has 0 N–H and O–H groups in total. The smallest absolute Gasteiger partial charge is 0.549 e. The number of rotatable bonds is 6. The van der Waals surface area contributed by atoms with Crippen LogP contribution >= 0.6 is 0 Å². The summed E-state index contributed by atoms with van der Waals surface area (Å²) >= 11 is 0. The molecule has 0 radical (unpaired) electrons. The summed E-state index contributed by atoms with van der Waals surface area (Å²) in [5.74, 6) is -3.23. The van der Waals surface area contributed by atoms with Gasteiger partial charge in [-0.1, -0.05) is 50.1 Å². The van der Waals surface area contributed by atoms with Gasteiger partial charge >= 0.3 is 59.1 Å². The van der Waals surface area contributed by atoms with Gasteiger partial charge in [0.05, 0.1) is 17.4 Å². The first kappa shape index (κ1) is 21.5. The molecule has 6 heteroatoms. The number of carbonyl (C=O) groups is 2. The number of hydrogen-bond acceptors (Lipinski definition) is 4. The van der Waals surface area contributed by atoms with Gasteiger partial charge in [0, 0.05) is 0 Å². The Morgan fingerprint density at radius 3 is 1.89 bits per heavy atom. The van der Waals surface area contributed by atoms with E-state index in [0.717, 1.165) is 0 Å². The van der Waals surface area contributed by atoms with Crippen molar-refractivity contribution >= 4 is 11.9 Å². The fourth-order valence-corrected chi connectivity index (χ4v) is 1.83. The molecular formula is C13H14Na2O4. The maximum Gasteiger partial charge on any atom is 1.00 e. The Labute approximate surface area is 157 Å². The molecular weight excluding hydrogens is 266 g/mol. The minimum absolute atomic E-state index is 0. The van der Waals surface area contributed by atoms with Gasteiger partial charge in [-0.3, -0.25) is 0 Å². The monoisotopic (exact) mass is 280 g/mol. The van der Waals surface area contributed by atoms with E-state index in [0.29, 0.717) is 12.8 Å². The van der Waals surface area contributed by atoms with Gasteiger partial charge < -0.3 is 19.8 Å². The summed E-state index contributed by atoms with van der Waals surface area (Å²) in [6.45, 7) is 1.86. The van der Waals surface area contributed by atoms with Crippen LogP contribution in [0.3, 0.4) is 0 Å². The number of aliphatic carboxylic acids is 2. The molecule has 0 saturated heterocycles. The van der Waals surface area contributed by atoms with Gasteiger partial charge in [0.25, 0.3) is 0 Å². The molecule has 92 valence electrons. The summed E-state index contributed by atoms with van der Waals surface area (Å²) in [5.41, 5.74) is -1.84. The quantitative estimate of drug-likeness (QED) is 0.383. The molecule has 0 spiro atoms. The summed E-state index contributed by atoms with van der Waals surface area (Å²) < 4.78 is 0. The minimum atomic E-state index is -2.04. The molecule has 0 bridgehead atoms. The third-order valence-electron chi connectivity index (χ3n) is 2.87. The molecule has 4 nitrogen and oxygen atoms in total. The van der Waals surface area contributed by atoms with Crippen molar-refractivity contribution in [3.05, 3.63) is 35.9 Å². The number of benzene rings is 1. The van der Waals surface area contributed by atoms with Gasteiger partial charge in [-0.15, -0.1) is 0 Å². The zero-order valence-electron chi connectivity index (χ0n) is 11.6. The normalized spacial score (nSPS) is 9.95. The molecule has 0 atom stereocenters. The summed E-state index contributed by atoms with van der Waals surface area (Å²) in [5, 5.41) is 22.5. The molecule has 1 aromatic rings. The zero-order valence-corrected chi connectivity index (χ0v) is 15.6. The Kier molecular flexibility index (Phi) is 11.3. The first-order chi connectivity index (χ1) is 8.05. The Bertz CT molecular complexity index is 392. The van der Waals surface area contributed by atoms with Crippen LogP contribution in [-0.4, -0.2) is 11.9 Å². The number of carboxylic acid groups (broad SMARTS) is 2. The molecule has 0 aliphatic carbocycles. The first-order valence-electron chi connectivity index (χ1n) is 5.54. The average Bonchev–Trinajstić information content (AvgIpc) is 2.30. The van der Waals surface area contributed by atoms with Crippen molar-refractivity contribution in [2.24, 2.45) is 0 Å². The SMILES string of the molecule is CCCCC(C(=O)[O-])(C(=O)[O-])c1ccccc1.[Na+].[Na+]. The molecule has 0 amide bonds. The summed E-state index contributed by atoms with van der Waals surface area (Å²) in [6.07, 6.45) is 1.17. The standard InChI is InChI=1S/C13H16O4.2Na/c1-2-3-9-13(11(14)15,12(16)17)10-7-5-4-6-8-10;;/h4-8H,2-3,9H2,1H3,(H,14,15)(H,16,17);;/q;2*+1/p-2. The van der Waals surface area contributed by atoms with Gasteiger partial charge in [0.2, 0.25) is 0 Å². The van der Waals surface area contributed by atoms with Crippen molar-refractivity contribution in [2.45, 2.75) is 31.6 Å². The van der Waals surface area contributed by atoms with Gasteiger partial charge in [0.15, 0.2) is 0 Å². The Morgan fingerprint density at radius 1 is 1.05 bits per heavy atom. The van der Waals surface area contributed by atoms with Gasteiger partial charge in [-0.2, -0.15) is 0 Å². The zero-order chi connectivity index (χ0) is 12.9. The largest absolute Gasteiger partial charge is 1.00 e. The van der Waals surface area contributed by atoms with E-state index in [1.54, 1.807) is 18.2 Å². The second-order valence-corrected chi connectivity index (χ2v) is 3.95. The van der Waals surface area contributed by atoms with Gasteiger partial charge in [-0.25, -0.2) is 0 Å². The van der Waals surface area contributed by atoms with E-state index in [1.807, 2.05) is 6.92 Å². The van der Waals surface area contributed by atoms with E-state index in [4.69, 9.17) is 0 Å². The molecule has 19 heavy (non-hydrogen) atoms. The van der Waals surface area contributed by atoms with Crippen LogP contribution in [-0.2, 0) is 15.0 Å². The van der Waals surface area contributed by atoms with Crippen molar-refractivity contribution in [3.63, 3.8) is 0 Å². The Morgan fingerprint density at radius 2 is 1.53 bits per heavy atom. The molecule has 0 heterocycles. The summed E-state index contributed by atoms with van der Waals surface area (Å²) in [6, 6.07) is 7.84. The molecule has 0 aromatic heterocycles. The van der Waals surface area contributed by atoms with Crippen LogP contribution in [0.15, 0.2) is 30.3 Å². The second-order valence-electron chi connectivity index (χ2n) is 3.95. The Hall–Kier alpha value is 0.160. The van der Waals surface area contributed by atoms with Crippen molar-refractivity contribution in [1.82, 2.24) is 0 Å². The second kappa shape index (κ2) is 9.97. The average molecular weight is 280 g/mol. The van der Waals surface area contributed by atoms with Crippen LogP contribution in [0.4, 0.5) is 0 Å². The fraction of sp³-hybridized carbons (Fsp3) is 0.385. The number of unbranched alkanes of at least 4 members (excludes halogenated alkanes) is 1. The van der Waals surface area contributed by atoms with E-state index in [9.17, 15) is 19.8 Å². The van der Waals surface area contributed by atoms with Crippen LogP contribution in [0.2, 0.25) is 0 Å². The first-order valence-corrected chi connectivity index (χ1v) is 5.54. The molecule has 1 rings (SSSR count). The molecule has 0 fully saturated rings. The van der Waals surface area contributed by atoms with Gasteiger partial charge in [0.1, 0.15) is 0 Å². The van der Waals surface area contributed by atoms with Crippen molar-refractivity contribution in [2.75, 3.05) is 0 Å². The summed E-state index contributed by atoms with van der Waals surface area (Å²) in [4.78, 5) is 22.5.